The van der Waals surface area contributed by atoms with E-state index in [0.717, 1.165) is 0 Å². The van der Waals surface area contributed by atoms with Gasteiger partial charge in [0.25, 0.3) is 0 Å². The van der Waals surface area contributed by atoms with Crippen LogP contribution in [0, 0.1) is 11.5 Å². The van der Waals surface area contributed by atoms with Crippen molar-refractivity contribution in [2.24, 2.45) is 10.7 Å². The number of rotatable bonds is 0. The van der Waals surface area contributed by atoms with Crippen LogP contribution in [0.25, 0.3) is 0 Å². The Morgan fingerprint density at radius 3 is 2.50 bits per heavy atom. The average Bonchev–Trinajstić information content (AvgIpc) is 1.35. The second kappa shape index (κ2) is 2.03. The van der Waals surface area contributed by atoms with Gasteiger partial charge in [-0.3, -0.25) is 5.73 Å². The Kier molecular flexibility index (Phi) is 1.61. The van der Waals surface area contributed by atoms with E-state index in [4.69, 9.17) is 11.0 Å². The van der Waals surface area contributed by atoms with Crippen molar-refractivity contribution in [1.29, 1.82) is 5.26 Å². The summed E-state index contributed by atoms with van der Waals surface area (Å²) in [5.41, 5.74) is 10.9. The highest BCUT2D eigenvalue weighted by molar-refractivity contribution is 5.75. The van der Waals surface area contributed by atoms with Gasteiger partial charge < -0.3 is 5.73 Å². The number of hydrogen-bond acceptors (Lipinski definition) is 2. The smallest absolute Gasteiger partial charge is 0.223 e. The fraction of sp³-hybridized carbons (Fsp3) is 0. The van der Waals surface area contributed by atoms with Crippen LogP contribution < -0.4 is 11.5 Å². The van der Waals surface area contributed by atoms with Crippen molar-refractivity contribution < 1.29 is 0 Å². The van der Waals surface area contributed by atoms with Crippen LogP contribution >= 0.6 is 0 Å². The summed E-state index contributed by atoms with van der Waals surface area (Å²) in [6.07, 6.45) is 1.34. The van der Waals surface area contributed by atoms with Gasteiger partial charge in [-0.15, -0.1) is 4.99 Å². The lowest BCUT2D eigenvalue weighted by Crippen LogP contribution is -2.10. The van der Waals surface area contributed by atoms with E-state index in [1.807, 2.05) is 0 Å². The van der Waals surface area contributed by atoms with Gasteiger partial charge in [-0.2, -0.15) is 5.26 Å². The number of guanidine groups is 1. The molecule has 0 fully saturated rings. The summed E-state index contributed by atoms with van der Waals surface area (Å²) in [7, 11) is 0. The molecule has 4 nitrogen and oxygen atoms in total. The molecule has 0 heterocycles. The second-order valence-electron chi connectivity index (χ2n) is 0.597. The van der Waals surface area contributed by atoms with Crippen molar-refractivity contribution in [1.82, 2.24) is 5.73 Å². The highest BCUT2D eigenvalue weighted by atomic mass is 15.0. The maximum absolute atomic E-state index is 7.60. The fourth-order valence-corrected chi connectivity index (χ4v) is 0.0539. The van der Waals surface area contributed by atoms with Crippen molar-refractivity contribution in [2.75, 3.05) is 0 Å². The number of nitrogens with two attached hydrogens (primary N) is 1. The Labute approximate surface area is 35.1 Å². The normalized spacial score (nSPS) is 10.2. The Morgan fingerprint density at radius 1 is 2.00 bits per heavy atom. The molecule has 3 N–H and O–H groups in total. The topological polar surface area (TPSA) is 86.0 Å². The molecule has 0 spiro atoms. The first-order valence-corrected chi connectivity index (χ1v) is 1.21. The molecule has 0 unspecified atom stereocenters. The molecule has 0 rings (SSSR count). The molecule has 0 aliphatic heterocycles. The summed E-state index contributed by atoms with van der Waals surface area (Å²) in [4.78, 5) is 2.79. The highest BCUT2D eigenvalue weighted by Gasteiger charge is 1.69. The van der Waals surface area contributed by atoms with Crippen LogP contribution in [0.5, 0.6) is 0 Å². The predicted molar refractivity (Wildman–Crippen MR) is 20.3 cm³/mol. The van der Waals surface area contributed by atoms with Crippen LogP contribution in [0.1, 0.15) is 0 Å². The molecule has 0 aliphatic carbocycles. The van der Waals surface area contributed by atoms with Gasteiger partial charge in [-0.1, -0.05) is 0 Å². The quantitative estimate of drug-likeness (QED) is 0.233. The Hall–Kier alpha value is -1.24. The summed E-state index contributed by atoms with van der Waals surface area (Å²) in [5, 5.41) is 7.60. The molecular formula is C2H3N4. The van der Waals surface area contributed by atoms with Crippen LogP contribution in [0.4, 0.5) is 0 Å². The Bertz CT molecular complexity index is 92.6. The molecule has 1 radical (unpaired) electrons. The van der Waals surface area contributed by atoms with Crippen molar-refractivity contribution in [3.05, 3.63) is 0 Å². The largest absolute Gasteiger partial charge is 0.368 e. The third-order valence-corrected chi connectivity index (χ3v) is 0.170. The van der Waals surface area contributed by atoms with E-state index in [2.05, 4.69) is 10.7 Å². The van der Waals surface area contributed by atoms with Gasteiger partial charge in [-0.25, -0.2) is 0 Å². The lowest BCUT2D eigenvalue weighted by molar-refractivity contribution is 1.37. The minimum atomic E-state index is -0.447. The zero-order valence-electron chi connectivity index (χ0n) is 2.97. The van der Waals surface area contributed by atoms with Gasteiger partial charge in [0.15, 0.2) is 0 Å². The zero-order valence-corrected chi connectivity index (χ0v) is 2.97. The van der Waals surface area contributed by atoms with E-state index in [9.17, 15) is 0 Å². The van der Waals surface area contributed by atoms with Gasteiger partial charge in [-0.05, 0) is 0 Å². The monoisotopic (exact) mass is 83.0 g/mol. The van der Waals surface area contributed by atoms with E-state index < -0.39 is 5.96 Å². The molecule has 4 heteroatoms. The summed E-state index contributed by atoms with van der Waals surface area (Å²) < 4.78 is 0. The highest BCUT2D eigenvalue weighted by Crippen LogP contribution is 1.52. The molecule has 6 heavy (non-hydrogen) atoms. The molecule has 0 aromatic carbocycles. The molecule has 31 valence electrons. The molecule has 0 atom stereocenters. The SMILES string of the molecule is N#CN=C([NH])N. The molecule has 0 amide bonds. The van der Waals surface area contributed by atoms with Crippen LogP contribution in [-0.2, 0) is 0 Å². The van der Waals surface area contributed by atoms with Crippen molar-refractivity contribution in [2.45, 2.75) is 0 Å². The number of nitriles is 1. The average molecular weight is 83.1 g/mol. The summed E-state index contributed by atoms with van der Waals surface area (Å²) in [6.45, 7) is 0. The third-order valence-electron chi connectivity index (χ3n) is 0.170. The number of nitrogens with one attached hydrogen (secondary N) is 1. The van der Waals surface area contributed by atoms with E-state index in [1.54, 1.807) is 0 Å². The van der Waals surface area contributed by atoms with E-state index in [0.29, 0.717) is 0 Å². The predicted octanol–water partition coefficient (Wildman–Crippen LogP) is -0.935. The van der Waals surface area contributed by atoms with Crippen LogP contribution in [0.2, 0.25) is 0 Å². The number of hydrogen-bond donors (Lipinski definition) is 1. The fourth-order valence-electron chi connectivity index (χ4n) is 0.0539. The van der Waals surface area contributed by atoms with Gasteiger partial charge in [0.1, 0.15) is 0 Å². The maximum Gasteiger partial charge on any atom is 0.223 e. The van der Waals surface area contributed by atoms with E-state index in [-0.39, 0.29) is 0 Å². The summed E-state index contributed by atoms with van der Waals surface area (Å²) in [5.74, 6) is -0.447. The number of nitrogens with zero attached hydrogens (tertiary/aromatic N) is 2. The lowest BCUT2D eigenvalue weighted by atomic mass is 11.1. The first-order valence-electron chi connectivity index (χ1n) is 1.21. The molecular weight excluding hydrogens is 80.1 g/mol. The minimum Gasteiger partial charge on any atom is -0.368 e. The van der Waals surface area contributed by atoms with Crippen molar-refractivity contribution in [3.63, 3.8) is 0 Å². The zero-order chi connectivity index (χ0) is 4.99. The van der Waals surface area contributed by atoms with E-state index in [1.165, 1.54) is 6.19 Å². The molecule has 0 saturated heterocycles. The Morgan fingerprint density at radius 2 is 2.50 bits per heavy atom. The molecule has 0 saturated carbocycles. The van der Waals surface area contributed by atoms with Crippen LogP contribution in [-0.4, -0.2) is 5.96 Å². The second-order valence-corrected chi connectivity index (χ2v) is 0.597. The molecule has 0 aromatic heterocycles. The first kappa shape index (κ1) is 4.76. The Balaban J connectivity index is 3.51. The maximum atomic E-state index is 7.60. The standard InChI is InChI=1S/C2H3N4/c3-1-6-2(4)5/h4H,(H2,5,6). The van der Waals surface area contributed by atoms with Gasteiger partial charge in [0.2, 0.25) is 12.2 Å². The first-order chi connectivity index (χ1) is 2.77. The molecule has 0 bridgehead atoms. The van der Waals surface area contributed by atoms with E-state index >= 15 is 0 Å². The van der Waals surface area contributed by atoms with Crippen molar-refractivity contribution in [3.8, 4) is 6.19 Å². The van der Waals surface area contributed by atoms with Crippen molar-refractivity contribution >= 4 is 5.96 Å². The van der Waals surface area contributed by atoms with Gasteiger partial charge in [0.05, 0.1) is 0 Å². The van der Waals surface area contributed by atoms with Crippen LogP contribution in [0.3, 0.4) is 0 Å². The molecule has 0 aromatic rings. The summed E-state index contributed by atoms with van der Waals surface area (Å²) in [6, 6.07) is 0. The minimum absolute atomic E-state index is 0.447. The van der Waals surface area contributed by atoms with Gasteiger partial charge >= 0.3 is 0 Å². The summed E-state index contributed by atoms with van der Waals surface area (Å²) >= 11 is 0. The third kappa shape index (κ3) is 2.76. The lowest BCUT2D eigenvalue weighted by Gasteiger charge is -1.71. The molecule has 0 aliphatic rings. The van der Waals surface area contributed by atoms with Gasteiger partial charge in [0, 0.05) is 0 Å². The van der Waals surface area contributed by atoms with Crippen LogP contribution in [0.15, 0.2) is 4.99 Å². The number of aliphatic imine (C=N–C) groups is 1.